The van der Waals surface area contributed by atoms with Crippen molar-refractivity contribution in [1.82, 2.24) is 9.97 Å². The fourth-order valence-electron chi connectivity index (χ4n) is 5.58. The zero-order valence-corrected chi connectivity index (χ0v) is 21.7. The third-order valence-corrected chi connectivity index (χ3v) is 7.52. The molecule has 0 atom stereocenters. The average Bonchev–Trinajstić information content (AvgIpc) is 3.01. The minimum atomic E-state index is 1.03. The third-order valence-electron chi connectivity index (χ3n) is 7.52. The van der Waals surface area contributed by atoms with Gasteiger partial charge in [0.25, 0.3) is 0 Å². The molecule has 0 N–H and O–H groups in total. The monoisotopic (exact) mass is 498 g/mol. The molecule has 2 heteroatoms. The maximum atomic E-state index is 4.48. The molecule has 2 heterocycles. The molecule has 7 aromatic rings. The molecule has 39 heavy (non-hydrogen) atoms. The van der Waals surface area contributed by atoms with Crippen molar-refractivity contribution in [2.75, 3.05) is 0 Å². The van der Waals surface area contributed by atoms with Crippen molar-refractivity contribution in [2.45, 2.75) is 6.92 Å². The molecule has 2 nitrogen and oxygen atoms in total. The van der Waals surface area contributed by atoms with E-state index in [1.54, 1.807) is 0 Å². The van der Waals surface area contributed by atoms with Crippen molar-refractivity contribution in [3.63, 3.8) is 0 Å². The molecule has 0 unspecified atom stereocenters. The van der Waals surface area contributed by atoms with Crippen LogP contribution < -0.4 is 0 Å². The van der Waals surface area contributed by atoms with Crippen LogP contribution in [0.1, 0.15) is 5.69 Å². The van der Waals surface area contributed by atoms with E-state index in [4.69, 9.17) is 0 Å². The van der Waals surface area contributed by atoms with E-state index < -0.39 is 0 Å². The fourth-order valence-corrected chi connectivity index (χ4v) is 5.58. The van der Waals surface area contributed by atoms with Crippen molar-refractivity contribution >= 4 is 21.5 Å². The van der Waals surface area contributed by atoms with Crippen molar-refractivity contribution in [1.29, 1.82) is 0 Å². The standard InChI is InChI=1S/C37H26N2/c1-25-12-13-31(24-39-25)27-16-20-29(21-17-27)37-34-10-4-2-8-32(34)36(33-9-3-5-11-35(33)37)28-18-14-26(15-19-28)30-7-6-22-38-23-30/h2-24H,1H3. The highest BCUT2D eigenvalue weighted by Gasteiger charge is 2.16. The smallest absolute Gasteiger partial charge is 0.0373 e. The summed E-state index contributed by atoms with van der Waals surface area (Å²) in [6, 6.07) is 43.6. The van der Waals surface area contributed by atoms with Crippen LogP contribution in [0.2, 0.25) is 0 Å². The van der Waals surface area contributed by atoms with E-state index >= 15 is 0 Å². The van der Waals surface area contributed by atoms with Crippen LogP contribution in [0.4, 0.5) is 0 Å². The number of aromatic nitrogens is 2. The van der Waals surface area contributed by atoms with Gasteiger partial charge in [-0.25, -0.2) is 0 Å². The van der Waals surface area contributed by atoms with Crippen LogP contribution >= 0.6 is 0 Å². The topological polar surface area (TPSA) is 25.8 Å². The zero-order chi connectivity index (χ0) is 26.2. The molecule has 0 spiro atoms. The Morgan fingerprint density at radius 1 is 0.385 bits per heavy atom. The maximum Gasteiger partial charge on any atom is 0.0373 e. The van der Waals surface area contributed by atoms with Crippen LogP contribution in [0, 0.1) is 6.92 Å². The largest absolute Gasteiger partial charge is 0.264 e. The van der Waals surface area contributed by atoms with E-state index in [0.29, 0.717) is 0 Å². The first-order valence-electron chi connectivity index (χ1n) is 13.2. The van der Waals surface area contributed by atoms with Crippen molar-refractivity contribution in [3.05, 3.63) is 146 Å². The Morgan fingerprint density at radius 3 is 1.23 bits per heavy atom. The molecular weight excluding hydrogens is 472 g/mol. The highest BCUT2D eigenvalue weighted by atomic mass is 14.7. The van der Waals surface area contributed by atoms with E-state index in [-0.39, 0.29) is 0 Å². The number of hydrogen-bond acceptors (Lipinski definition) is 2. The Morgan fingerprint density at radius 2 is 0.821 bits per heavy atom. The first-order chi connectivity index (χ1) is 19.3. The first kappa shape index (κ1) is 23.1. The van der Waals surface area contributed by atoms with Crippen LogP contribution in [0.5, 0.6) is 0 Å². The minimum absolute atomic E-state index is 1.03. The maximum absolute atomic E-state index is 4.48. The number of aryl methyl sites for hydroxylation is 1. The third kappa shape index (κ3) is 4.17. The Bertz CT molecular complexity index is 1860. The van der Waals surface area contributed by atoms with Gasteiger partial charge < -0.3 is 0 Å². The van der Waals surface area contributed by atoms with Gasteiger partial charge in [0.05, 0.1) is 0 Å². The summed E-state index contributed by atoms with van der Waals surface area (Å²) >= 11 is 0. The van der Waals surface area contributed by atoms with Crippen LogP contribution in [-0.4, -0.2) is 9.97 Å². The fraction of sp³-hybridized carbons (Fsp3) is 0.0270. The highest BCUT2D eigenvalue weighted by Crippen LogP contribution is 2.44. The predicted molar refractivity (Wildman–Crippen MR) is 164 cm³/mol. The lowest BCUT2D eigenvalue weighted by atomic mass is 9.85. The van der Waals surface area contributed by atoms with Gasteiger partial charge in [-0.1, -0.05) is 109 Å². The summed E-state index contributed by atoms with van der Waals surface area (Å²) in [7, 11) is 0. The van der Waals surface area contributed by atoms with Gasteiger partial charge in [-0.3, -0.25) is 9.97 Å². The molecule has 0 aliphatic carbocycles. The molecule has 0 bridgehead atoms. The quantitative estimate of drug-likeness (QED) is 0.226. The van der Waals surface area contributed by atoms with Gasteiger partial charge in [-0.2, -0.15) is 0 Å². The van der Waals surface area contributed by atoms with Crippen LogP contribution in [0.3, 0.4) is 0 Å². The number of benzene rings is 5. The Hall–Kier alpha value is -5.08. The second-order valence-corrected chi connectivity index (χ2v) is 9.93. The summed E-state index contributed by atoms with van der Waals surface area (Å²) in [4.78, 5) is 8.76. The van der Waals surface area contributed by atoms with E-state index in [9.17, 15) is 0 Å². The predicted octanol–water partition coefficient (Wildman–Crippen LogP) is 9.76. The minimum Gasteiger partial charge on any atom is -0.264 e. The lowest BCUT2D eigenvalue weighted by Crippen LogP contribution is -1.91. The lowest BCUT2D eigenvalue weighted by Gasteiger charge is -2.18. The molecule has 0 saturated heterocycles. The number of pyridine rings is 2. The van der Waals surface area contributed by atoms with E-state index in [0.717, 1.165) is 16.8 Å². The molecule has 0 aliphatic rings. The van der Waals surface area contributed by atoms with E-state index in [2.05, 4.69) is 125 Å². The molecule has 2 aromatic heterocycles. The van der Waals surface area contributed by atoms with Gasteiger partial charge >= 0.3 is 0 Å². The summed E-state index contributed by atoms with van der Waals surface area (Å²) < 4.78 is 0. The van der Waals surface area contributed by atoms with Gasteiger partial charge in [0, 0.05) is 29.8 Å². The second kappa shape index (κ2) is 9.66. The summed E-state index contributed by atoms with van der Waals surface area (Å²) in [5.41, 5.74) is 10.6. The highest BCUT2D eigenvalue weighted by molar-refractivity contribution is 6.21. The average molecular weight is 499 g/mol. The molecule has 0 aliphatic heterocycles. The molecule has 0 radical (unpaired) electrons. The molecule has 0 fully saturated rings. The number of rotatable bonds is 4. The summed E-state index contributed by atoms with van der Waals surface area (Å²) in [5.74, 6) is 0. The van der Waals surface area contributed by atoms with E-state index in [1.165, 1.54) is 54.9 Å². The number of nitrogens with zero attached hydrogens (tertiary/aromatic N) is 2. The Balaban J connectivity index is 1.41. The SMILES string of the molecule is Cc1ccc(-c2ccc(-c3c4ccccc4c(-c4ccc(-c5cccnc5)cc4)c4ccccc34)cc2)cn1. The molecule has 5 aromatic carbocycles. The first-order valence-corrected chi connectivity index (χ1v) is 13.2. The number of hydrogen-bond donors (Lipinski definition) is 0. The van der Waals surface area contributed by atoms with Gasteiger partial charge in [0.15, 0.2) is 0 Å². The Labute approximate surface area is 228 Å². The molecular formula is C37H26N2. The molecule has 184 valence electrons. The van der Waals surface area contributed by atoms with Gasteiger partial charge in [0.1, 0.15) is 0 Å². The summed E-state index contributed by atoms with van der Waals surface area (Å²) in [6.07, 6.45) is 5.67. The molecule has 7 rings (SSSR count). The lowest BCUT2D eigenvalue weighted by molar-refractivity contribution is 1.20. The van der Waals surface area contributed by atoms with Gasteiger partial charge in [-0.15, -0.1) is 0 Å². The van der Waals surface area contributed by atoms with Crippen LogP contribution in [0.25, 0.3) is 66.1 Å². The second-order valence-electron chi connectivity index (χ2n) is 9.93. The summed E-state index contributed by atoms with van der Waals surface area (Å²) in [6.45, 7) is 2.02. The van der Waals surface area contributed by atoms with E-state index in [1.807, 2.05) is 31.6 Å². The number of fused-ring (bicyclic) bond motifs is 2. The van der Waals surface area contributed by atoms with Crippen LogP contribution in [0.15, 0.2) is 140 Å². The van der Waals surface area contributed by atoms with Crippen molar-refractivity contribution in [3.8, 4) is 44.5 Å². The molecule has 0 amide bonds. The molecule has 0 saturated carbocycles. The van der Waals surface area contributed by atoms with Crippen LogP contribution in [-0.2, 0) is 0 Å². The normalized spacial score (nSPS) is 11.2. The van der Waals surface area contributed by atoms with Gasteiger partial charge in [0.2, 0.25) is 0 Å². The van der Waals surface area contributed by atoms with Crippen molar-refractivity contribution in [2.24, 2.45) is 0 Å². The zero-order valence-electron chi connectivity index (χ0n) is 21.7. The Kier molecular flexibility index (Phi) is 5.71. The summed E-state index contributed by atoms with van der Waals surface area (Å²) in [5, 5.41) is 5.03. The van der Waals surface area contributed by atoms with Gasteiger partial charge in [-0.05, 0) is 79.5 Å². The van der Waals surface area contributed by atoms with Crippen molar-refractivity contribution < 1.29 is 0 Å².